The number of amides is 1. The van der Waals surface area contributed by atoms with Crippen molar-refractivity contribution in [2.24, 2.45) is 7.05 Å². The molecule has 0 atom stereocenters. The quantitative estimate of drug-likeness (QED) is 0.335. The highest BCUT2D eigenvalue weighted by Crippen LogP contribution is 2.29. The minimum absolute atomic E-state index is 0.194. The lowest BCUT2D eigenvalue weighted by Crippen LogP contribution is -2.23. The first-order chi connectivity index (χ1) is 16.5. The standard InChI is InChI=1S/C28H23ClN4O/c1-18-9-22(12-25(29)10-18)23-13-26(27(30-15-23)24-16-32-33(2)17-24)28(34)31-14-19-7-8-20-5-3-4-6-21(20)11-19/h3-13,15-17H,14H2,1-2H3,(H,31,34). The van der Waals surface area contributed by atoms with E-state index < -0.39 is 0 Å². The number of nitrogens with one attached hydrogen (secondary N) is 1. The summed E-state index contributed by atoms with van der Waals surface area (Å²) in [5, 5.41) is 10.3. The van der Waals surface area contributed by atoms with Crippen LogP contribution < -0.4 is 5.32 Å². The zero-order valence-electron chi connectivity index (χ0n) is 18.9. The number of pyridine rings is 1. The maximum absolute atomic E-state index is 13.4. The first-order valence-corrected chi connectivity index (χ1v) is 11.4. The van der Waals surface area contributed by atoms with Gasteiger partial charge in [-0.3, -0.25) is 14.5 Å². The van der Waals surface area contributed by atoms with Gasteiger partial charge in [-0.2, -0.15) is 5.10 Å². The fraction of sp³-hybridized carbons (Fsp3) is 0.107. The molecule has 168 valence electrons. The molecule has 3 aromatic carbocycles. The Hall–Kier alpha value is -3.96. The molecule has 0 spiro atoms. The molecular formula is C28H23ClN4O. The third kappa shape index (κ3) is 4.56. The van der Waals surface area contributed by atoms with Gasteiger partial charge in [-0.25, -0.2) is 0 Å². The maximum Gasteiger partial charge on any atom is 0.253 e. The van der Waals surface area contributed by atoms with E-state index in [9.17, 15) is 4.79 Å². The number of rotatable bonds is 5. The van der Waals surface area contributed by atoms with Crippen molar-refractivity contribution in [3.63, 3.8) is 0 Å². The highest BCUT2D eigenvalue weighted by atomic mass is 35.5. The second kappa shape index (κ2) is 9.12. The molecule has 0 aliphatic rings. The van der Waals surface area contributed by atoms with Crippen molar-refractivity contribution in [1.82, 2.24) is 20.1 Å². The number of fused-ring (bicyclic) bond motifs is 1. The fourth-order valence-corrected chi connectivity index (χ4v) is 4.39. The molecule has 2 heterocycles. The predicted molar refractivity (Wildman–Crippen MR) is 137 cm³/mol. The molecule has 1 N–H and O–H groups in total. The van der Waals surface area contributed by atoms with Crippen molar-refractivity contribution in [3.05, 3.63) is 107 Å². The normalized spacial score (nSPS) is 11.0. The van der Waals surface area contributed by atoms with Gasteiger partial charge in [-0.05, 0) is 58.7 Å². The van der Waals surface area contributed by atoms with Crippen LogP contribution in [0, 0.1) is 6.92 Å². The molecule has 6 heteroatoms. The number of aryl methyl sites for hydroxylation is 2. The Morgan fingerprint density at radius 2 is 1.76 bits per heavy atom. The van der Waals surface area contributed by atoms with E-state index in [4.69, 9.17) is 11.6 Å². The van der Waals surface area contributed by atoms with Crippen LogP contribution >= 0.6 is 11.6 Å². The number of hydrogen-bond acceptors (Lipinski definition) is 3. The zero-order valence-corrected chi connectivity index (χ0v) is 19.7. The van der Waals surface area contributed by atoms with Crippen LogP contribution in [0.4, 0.5) is 0 Å². The summed E-state index contributed by atoms with van der Waals surface area (Å²) in [7, 11) is 1.84. The molecule has 0 radical (unpaired) electrons. The van der Waals surface area contributed by atoms with Gasteiger partial charge in [0.2, 0.25) is 0 Å². The Morgan fingerprint density at radius 3 is 2.53 bits per heavy atom. The van der Waals surface area contributed by atoms with Crippen molar-refractivity contribution in [3.8, 4) is 22.4 Å². The summed E-state index contributed by atoms with van der Waals surface area (Å²) in [6.45, 7) is 2.40. The molecule has 5 aromatic rings. The topological polar surface area (TPSA) is 59.8 Å². The van der Waals surface area contributed by atoms with Crippen LogP contribution in [-0.2, 0) is 13.6 Å². The first kappa shape index (κ1) is 21.9. The smallest absolute Gasteiger partial charge is 0.253 e. The summed E-state index contributed by atoms with van der Waals surface area (Å²) in [6, 6.07) is 22.1. The molecule has 0 aliphatic heterocycles. The van der Waals surface area contributed by atoms with Crippen molar-refractivity contribution < 1.29 is 4.79 Å². The molecule has 5 rings (SSSR count). The van der Waals surface area contributed by atoms with Crippen molar-refractivity contribution in [2.75, 3.05) is 0 Å². The lowest BCUT2D eigenvalue weighted by atomic mass is 10.0. The number of hydrogen-bond donors (Lipinski definition) is 1. The number of carbonyl (C=O) groups is 1. The molecule has 0 saturated carbocycles. The monoisotopic (exact) mass is 466 g/mol. The average molecular weight is 467 g/mol. The Bertz CT molecular complexity index is 1500. The van der Waals surface area contributed by atoms with Crippen LogP contribution in [0.25, 0.3) is 33.2 Å². The summed E-state index contributed by atoms with van der Waals surface area (Å²) >= 11 is 6.28. The van der Waals surface area contributed by atoms with Crippen LogP contribution in [0.5, 0.6) is 0 Å². The van der Waals surface area contributed by atoms with E-state index in [2.05, 4.69) is 39.7 Å². The number of halogens is 1. The lowest BCUT2D eigenvalue weighted by Gasteiger charge is -2.12. The third-order valence-electron chi connectivity index (χ3n) is 5.75. The summed E-state index contributed by atoms with van der Waals surface area (Å²) in [5.74, 6) is -0.194. The van der Waals surface area contributed by atoms with E-state index in [0.29, 0.717) is 22.8 Å². The molecule has 5 nitrogen and oxygen atoms in total. The number of aromatic nitrogens is 3. The highest BCUT2D eigenvalue weighted by molar-refractivity contribution is 6.31. The van der Waals surface area contributed by atoms with Crippen LogP contribution in [0.15, 0.2) is 85.3 Å². The van der Waals surface area contributed by atoms with Gasteiger partial charge < -0.3 is 5.32 Å². The molecule has 0 saturated heterocycles. The van der Waals surface area contributed by atoms with E-state index in [1.165, 1.54) is 5.39 Å². The minimum atomic E-state index is -0.194. The van der Waals surface area contributed by atoms with Crippen molar-refractivity contribution in [1.29, 1.82) is 0 Å². The van der Waals surface area contributed by atoms with Crippen LogP contribution in [0.3, 0.4) is 0 Å². The molecule has 0 aliphatic carbocycles. The Balaban J connectivity index is 1.49. The van der Waals surface area contributed by atoms with Crippen LogP contribution in [0.2, 0.25) is 5.02 Å². The van der Waals surface area contributed by atoms with Gasteiger partial charge in [-0.1, -0.05) is 54.1 Å². The first-order valence-electron chi connectivity index (χ1n) is 11.0. The number of carbonyl (C=O) groups excluding carboxylic acids is 1. The molecule has 1 amide bonds. The van der Waals surface area contributed by atoms with Gasteiger partial charge in [0.1, 0.15) is 0 Å². The van der Waals surface area contributed by atoms with Gasteiger partial charge in [0.05, 0.1) is 17.5 Å². The van der Waals surface area contributed by atoms with Gasteiger partial charge in [0.25, 0.3) is 5.91 Å². The minimum Gasteiger partial charge on any atom is -0.348 e. The Kier molecular flexibility index (Phi) is 5.86. The molecule has 34 heavy (non-hydrogen) atoms. The average Bonchev–Trinajstić information content (AvgIpc) is 3.27. The number of benzene rings is 3. The number of nitrogens with zero attached hydrogens (tertiary/aromatic N) is 3. The second-order valence-electron chi connectivity index (χ2n) is 8.40. The largest absolute Gasteiger partial charge is 0.348 e. The molecule has 0 unspecified atom stereocenters. The van der Waals surface area contributed by atoms with Gasteiger partial charge in [-0.15, -0.1) is 0 Å². The van der Waals surface area contributed by atoms with Gasteiger partial charge >= 0.3 is 0 Å². The lowest BCUT2D eigenvalue weighted by molar-refractivity contribution is 0.0951. The Labute approximate surface area is 203 Å². The summed E-state index contributed by atoms with van der Waals surface area (Å²) < 4.78 is 1.70. The molecule has 2 aromatic heterocycles. The van der Waals surface area contributed by atoms with E-state index in [1.54, 1.807) is 17.1 Å². The second-order valence-corrected chi connectivity index (χ2v) is 8.84. The summed E-state index contributed by atoms with van der Waals surface area (Å²) in [5.41, 5.74) is 5.68. The van der Waals surface area contributed by atoms with Crippen molar-refractivity contribution in [2.45, 2.75) is 13.5 Å². The Morgan fingerprint density at radius 1 is 0.941 bits per heavy atom. The molecular weight excluding hydrogens is 444 g/mol. The highest BCUT2D eigenvalue weighted by Gasteiger charge is 2.17. The third-order valence-corrected chi connectivity index (χ3v) is 5.97. The molecule has 0 bridgehead atoms. The van der Waals surface area contributed by atoms with Crippen LogP contribution in [0.1, 0.15) is 21.5 Å². The SMILES string of the molecule is Cc1cc(Cl)cc(-c2cnc(-c3cnn(C)c3)c(C(=O)NCc3ccc4ccccc4c3)c2)c1. The molecule has 0 fully saturated rings. The van der Waals surface area contributed by atoms with E-state index in [0.717, 1.165) is 33.2 Å². The van der Waals surface area contributed by atoms with Crippen LogP contribution in [-0.4, -0.2) is 20.7 Å². The van der Waals surface area contributed by atoms with Crippen molar-refractivity contribution >= 4 is 28.3 Å². The van der Waals surface area contributed by atoms with Gasteiger partial charge in [0.15, 0.2) is 0 Å². The van der Waals surface area contributed by atoms with E-state index in [-0.39, 0.29) is 5.91 Å². The fourth-order valence-electron chi connectivity index (χ4n) is 4.10. The van der Waals surface area contributed by atoms with E-state index in [1.807, 2.05) is 62.6 Å². The van der Waals surface area contributed by atoms with Gasteiger partial charge in [0, 0.05) is 42.1 Å². The summed E-state index contributed by atoms with van der Waals surface area (Å²) in [4.78, 5) is 18.1. The summed E-state index contributed by atoms with van der Waals surface area (Å²) in [6.07, 6.45) is 5.34. The predicted octanol–water partition coefficient (Wildman–Crippen LogP) is 6.19. The van der Waals surface area contributed by atoms with E-state index >= 15 is 0 Å². The zero-order chi connectivity index (χ0) is 23.7. The maximum atomic E-state index is 13.4.